The maximum absolute atomic E-state index is 10.6. The van der Waals surface area contributed by atoms with Crippen LogP contribution in [0.3, 0.4) is 0 Å². The summed E-state index contributed by atoms with van der Waals surface area (Å²) in [7, 11) is 0. The standard InChI is InChI=1S/C8H12N2O3/c11-7(12)6-5-8(13-10-6)1-3-9-4-2-8/h5,9-10H,1-4H2,(H,11,12). The molecule has 1 fully saturated rings. The summed E-state index contributed by atoms with van der Waals surface area (Å²) in [4.78, 5) is 15.9. The molecule has 2 heterocycles. The smallest absolute Gasteiger partial charge is 0.354 e. The highest BCUT2D eigenvalue weighted by Crippen LogP contribution is 2.29. The summed E-state index contributed by atoms with van der Waals surface area (Å²) in [6.45, 7) is 1.73. The van der Waals surface area contributed by atoms with Crippen LogP contribution in [0.5, 0.6) is 0 Å². The second kappa shape index (κ2) is 3.01. The number of rotatable bonds is 1. The Morgan fingerprint density at radius 1 is 1.54 bits per heavy atom. The number of carboxylic acids is 1. The van der Waals surface area contributed by atoms with Crippen LogP contribution < -0.4 is 10.8 Å². The molecule has 1 spiro atoms. The van der Waals surface area contributed by atoms with E-state index in [2.05, 4.69) is 10.8 Å². The van der Waals surface area contributed by atoms with Crippen LogP contribution in [0.2, 0.25) is 0 Å². The number of hydrogen-bond acceptors (Lipinski definition) is 4. The monoisotopic (exact) mass is 184 g/mol. The highest BCUT2D eigenvalue weighted by molar-refractivity contribution is 5.86. The SMILES string of the molecule is O=C(O)C1=CC2(CCNCC2)ON1. The van der Waals surface area contributed by atoms with Crippen LogP contribution in [0.15, 0.2) is 11.8 Å². The fourth-order valence-corrected chi connectivity index (χ4v) is 1.68. The summed E-state index contributed by atoms with van der Waals surface area (Å²) in [5, 5.41) is 11.9. The fourth-order valence-electron chi connectivity index (χ4n) is 1.68. The van der Waals surface area contributed by atoms with Gasteiger partial charge >= 0.3 is 5.97 Å². The summed E-state index contributed by atoms with van der Waals surface area (Å²) in [6.07, 6.45) is 3.31. The lowest BCUT2D eigenvalue weighted by molar-refractivity contribution is -0.135. The Morgan fingerprint density at radius 2 is 2.23 bits per heavy atom. The highest BCUT2D eigenvalue weighted by Gasteiger charge is 2.37. The van der Waals surface area contributed by atoms with Crippen molar-refractivity contribution in [3.05, 3.63) is 11.8 Å². The van der Waals surface area contributed by atoms with Crippen molar-refractivity contribution in [3.63, 3.8) is 0 Å². The van der Waals surface area contributed by atoms with Gasteiger partial charge < -0.3 is 10.4 Å². The lowest BCUT2D eigenvalue weighted by Crippen LogP contribution is -2.41. The van der Waals surface area contributed by atoms with Gasteiger partial charge in [0.1, 0.15) is 11.3 Å². The van der Waals surface area contributed by atoms with Crippen molar-refractivity contribution in [2.45, 2.75) is 18.4 Å². The van der Waals surface area contributed by atoms with Gasteiger partial charge in [-0.25, -0.2) is 4.79 Å². The van der Waals surface area contributed by atoms with E-state index in [1.165, 1.54) is 0 Å². The molecule has 2 aliphatic heterocycles. The molecule has 0 atom stereocenters. The van der Waals surface area contributed by atoms with Crippen LogP contribution in [0.4, 0.5) is 0 Å². The number of piperidine rings is 1. The molecule has 2 rings (SSSR count). The second-order valence-electron chi connectivity index (χ2n) is 3.38. The number of hydroxylamine groups is 1. The maximum Gasteiger partial charge on any atom is 0.354 e. The van der Waals surface area contributed by atoms with E-state index >= 15 is 0 Å². The van der Waals surface area contributed by atoms with E-state index in [1.54, 1.807) is 6.08 Å². The number of carboxylic acid groups (broad SMARTS) is 1. The summed E-state index contributed by atoms with van der Waals surface area (Å²) < 4.78 is 0. The molecule has 72 valence electrons. The van der Waals surface area contributed by atoms with Crippen LogP contribution >= 0.6 is 0 Å². The topological polar surface area (TPSA) is 70.6 Å². The van der Waals surface area contributed by atoms with E-state index in [1.807, 2.05) is 0 Å². The molecule has 0 bridgehead atoms. The van der Waals surface area contributed by atoms with Crippen molar-refractivity contribution >= 4 is 5.97 Å². The molecule has 0 aromatic carbocycles. The number of carbonyl (C=O) groups is 1. The molecule has 0 aromatic rings. The van der Waals surface area contributed by atoms with Crippen molar-refractivity contribution in [1.29, 1.82) is 0 Å². The van der Waals surface area contributed by atoms with Gasteiger partial charge in [0.05, 0.1) is 0 Å². The predicted octanol–water partition coefficient (Wildman–Crippen LogP) is -0.388. The third-order valence-electron chi connectivity index (χ3n) is 2.45. The summed E-state index contributed by atoms with van der Waals surface area (Å²) in [5.41, 5.74) is 2.22. The van der Waals surface area contributed by atoms with Crippen LogP contribution in [0, 0.1) is 0 Å². The van der Waals surface area contributed by atoms with Gasteiger partial charge in [-0.1, -0.05) is 0 Å². The van der Waals surface area contributed by atoms with Gasteiger partial charge in [-0.2, -0.15) is 0 Å². The number of nitrogens with one attached hydrogen (secondary N) is 2. The zero-order chi connectivity index (χ0) is 9.31. The minimum Gasteiger partial charge on any atom is -0.477 e. The third kappa shape index (κ3) is 1.52. The van der Waals surface area contributed by atoms with E-state index in [0.29, 0.717) is 0 Å². The van der Waals surface area contributed by atoms with Crippen molar-refractivity contribution in [2.75, 3.05) is 13.1 Å². The predicted molar refractivity (Wildman–Crippen MR) is 44.8 cm³/mol. The average molecular weight is 184 g/mol. The van der Waals surface area contributed by atoms with Gasteiger partial charge in [0, 0.05) is 0 Å². The van der Waals surface area contributed by atoms with E-state index in [9.17, 15) is 4.79 Å². The van der Waals surface area contributed by atoms with E-state index in [4.69, 9.17) is 9.94 Å². The molecule has 0 saturated carbocycles. The summed E-state index contributed by atoms with van der Waals surface area (Å²) in [5.74, 6) is -0.963. The first-order valence-electron chi connectivity index (χ1n) is 4.33. The largest absolute Gasteiger partial charge is 0.477 e. The molecule has 5 heteroatoms. The van der Waals surface area contributed by atoms with Gasteiger partial charge in [0.15, 0.2) is 0 Å². The normalized spacial score (nSPS) is 25.4. The lowest BCUT2D eigenvalue weighted by atomic mass is 9.92. The van der Waals surface area contributed by atoms with Gasteiger partial charge in [-0.3, -0.25) is 10.3 Å². The molecule has 0 aliphatic carbocycles. The molecule has 2 aliphatic rings. The number of aliphatic carboxylic acids is 1. The second-order valence-corrected chi connectivity index (χ2v) is 3.38. The quantitative estimate of drug-likeness (QED) is 0.518. The molecule has 0 radical (unpaired) electrons. The Balaban J connectivity index is 2.13. The Morgan fingerprint density at radius 3 is 2.77 bits per heavy atom. The molecule has 0 unspecified atom stereocenters. The van der Waals surface area contributed by atoms with Crippen molar-refractivity contribution in [3.8, 4) is 0 Å². The van der Waals surface area contributed by atoms with Gasteiger partial charge in [0.2, 0.25) is 0 Å². The van der Waals surface area contributed by atoms with E-state index in [-0.39, 0.29) is 11.3 Å². The van der Waals surface area contributed by atoms with Gasteiger partial charge in [-0.05, 0) is 32.0 Å². The van der Waals surface area contributed by atoms with Crippen LogP contribution in [0.25, 0.3) is 0 Å². The Kier molecular flexibility index (Phi) is 1.97. The van der Waals surface area contributed by atoms with Crippen LogP contribution in [-0.2, 0) is 9.63 Å². The molecule has 5 nitrogen and oxygen atoms in total. The zero-order valence-electron chi connectivity index (χ0n) is 7.17. The molecule has 0 aromatic heterocycles. The van der Waals surface area contributed by atoms with Crippen molar-refractivity contribution < 1.29 is 14.7 Å². The molecule has 0 amide bonds. The Bertz CT molecular complexity index is 256. The van der Waals surface area contributed by atoms with E-state index < -0.39 is 5.97 Å². The first-order chi connectivity index (χ1) is 6.22. The molecule has 1 saturated heterocycles. The minimum absolute atomic E-state index is 0.155. The first-order valence-corrected chi connectivity index (χ1v) is 4.33. The number of hydrogen-bond donors (Lipinski definition) is 3. The zero-order valence-corrected chi connectivity index (χ0v) is 7.17. The van der Waals surface area contributed by atoms with Gasteiger partial charge in [0.25, 0.3) is 0 Å². The van der Waals surface area contributed by atoms with Crippen LogP contribution in [-0.4, -0.2) is 29.8 Å². The molecular weight excluding hydrogens is 172 g/mol. The third-order valence-corrected chi connectivity index (χ3v) is 2.45. The lowest BCUT2D eigenvalue weighted by Gasteiger charge is -2.29. The Hall–Kier alpha value is -1.07. The molecule has 13 heavy (non-hydrogen) atoms. The fraction of sp³-hybridized carbons (Fsp3) is 0.625. The molecular formula is C8H12N2O3. The van der Waals surface area contributed by atoms with E-state index in [0.717, 1.165) is 25.9 Å². The highest BCUT2D eigenvalue weighted by atomic mass is 16.7. The van der Waals surface area contributed by atoms with Crippen LogP contribution in [0.1, 0.15) is 12.8 Å². The maximum atomic E-state index is 10.6. The van der Waals surface area contributed by atoms with Crippen molar-refractivity contribution in [1.82, 2.24) is 10.8 Å². The van der Waals surface area contributed by atoms with Gasteiger partial charge in [-0.15, -0.1) is 0 Å². The summed E-state index contributed by atoms with van der Waals surface area (Å²) in [6, 6.07) is 0. The summed E-state index contributed by atoms with van der Waals surface area (Å²) >= 11 is 0. The first kappa shape index (κ1) is 8.52. The minimum atomic E-state index is -0.963. The Labute approximate surface area is 75.7 Å². The average Bonchev–Trinajstić information content (AvgIpc) is 2.51. The van der Waals surface area contributed by atoms with Crippen molar-refractivity contribution in [2.24, 2.45) is 0 Å². The molecule has 3 N–H and O–H groups in total.